The van der Waals surface area contributed by atoms with Gasteiger partial charge in [0.1, 0.15) is 6.10 Å². The van der Waals surface area contributed by atoms with Crippen LogP contribution in [0.1, 0.15) is 52.0 Å². The number of hydrogen-bond acceptors (Lipinski definition) is 14. The average molecular weight is 640 g/mol. The maximum atomic E-state index is 13.5. The van der Waals surface area contributed by atoms with Crippen LogP contribution >= 0.6 is 19.4 Å². The number of anilines is 1. The number of halogens is 1. The van der Waals surface area contributed by atoms with Crippen molar-refractivity contribution in [1.82, 2.24) is 19.5 Å². The van der Waals surface area contributed by atoms with Gasteiger partial charge < -0.3 is 24.7 Å². The molecule has 0 aliphatic carbocycles. The lowest BCUT2D eigenvalue weighted by Gasteiger charge is -2.34. The van der Waals surface area contributed by atoms with Crippen LogP contribution in [0.15, 0.2) is 30.6 Å². The number of benzene rings is 1. The number of nitrogens with zero attached hydrogens (tertiary/aromatic N) is 4. The number of carbonyl (C=O) groups excluding carboxylic acids is 2. The molecule has 17 heteroatoms. The van der Waals surface area contributed by atoms with E-state index < -0.39 is 56.5 Å². The van der Waals surface area contributed by atoms with Gasteiger partial charge in [0, 0.05) is 25.3 Å². The van der Waals surface area contributed by atoms with Gasteiger partial charge in [0.15, 0.2) is 29.1 Å². The summed E-state index contributed by atoms with van der Waals surface area (Å²) in [5.41, 5.74) is 5.47. The standard InChI is InChI=1S/C26H31ClN5O10P/c1-5-36-23-20-22(30-25(28)31-23)32(13-29-20)24-26(4,41-15(3)34)21(39-14(2)33)19(40-24)12-38-43(35)37-10-9-18(42-43)16-7-6-8-17(27)11-16/h6-8,11,13,18-19,21,24H,5,9-10,12H2,1-4H3,(H2,28,30,31)/t18-,19+,21+,24+,26+,43+/m0/s1. The molecule has 43 heavy (non-hydrogen) atoms. The quantitative estimate of drug-likeness (QED) is 0.262. The molecule has 2 fully saturated rings. The molecule has 0 amide bonds. The Labute approximate surface area is 251 Å². The third-order valence-electron chi connectivity index (χ3n) is 6.80. The summed E-state index contributed by atoms with van der Waals surface area (Å²) in [5, 5.41) is 0.496. The van der Waals surface area contributed by atoms with E-state index in [4.69, 9.17) is 49.9 Å². The van der Waals surface area contributed by atoms with Crippen molar-refractivity contribution in [2.75, 3.05) is 25.6 Å². The molecule has 232 valence electrons. The summed E-state index contributed by atoms with van der Waals surface area (Å²) < 4.78 is 55.1. The van der Waals surface area contributed by atoms with E-state index in [9.17, 15) is 14.2 Å². The minimum Gasteiger partial charge on any atom is -0.476 e. The van der Waals surface area contributed by atoms with E-state index in [0.717, 1.165) is 0 Å². The molecule has 0 spiro atoms. The molecule has 0 bridgehead atoms. The fraction of sp³-hybridized carbons (Fsp3) is 0.500. The summed E-state index contributed by atoms with van der Waals surface area (Å²) in [5.74, 6) is -1.32. The Kier molecular flexibility index (Phi) is 8.93. The number of phosphoric ester groups is 1. The lowest BCUT2D eigenvalue weighted by Crippen LogP contribution is -2.50. The zero-order valence-corrected chi connectivity index (χ0v) is 25.4. The highest BCUT2D eigenvalue weighted by Gasteiger charge is 2.60. The molecule has 2 saturated heterocycles. The maximum Gasteiger partial charge on any atom is 0.475 e. The third-order valence-corrected chi connectivity index (χ3v) is 8.51. The van der Waals surface area contributed by atoms with Gasteiger partial charge in [-0.3, -0.25) is 27.7 Å². The van der Waals surface area contributed by atoms with Crippen molar-refractivity contribution in [3.63, 3.8) is 0 Å². The molecule has 1 aromatic carbocycles. The number of carbonyl (C=O) groups is 2. The van der Waals surface area contributed by atoms with Crippen LogP contribution in [0.3, 0.4) is 0 Å². The van der Waals surface area contributed by atoms with Crippen LogP contribution in [-0.4, -0.2) is 69.1 Å². The summed E-state index contributed by atoms with van der Waals surface area (Å²) in [7, 11) is -4.12. The predicted octanol–water partition coefficient (Wildman–Crippen LogP) is 3.91. The highest BCUT2D eigenvalue weighted by atomic mass is 35.5. The van der Waals surface area contributed by atoms with Crippen LogP contribution < -0.4 is 10.5 Å². The molecule has 5 rings (SSSR count). The second kappa shape index (κ2) is 12.3. The second-order valence-corrected chi connectivity index (χ2v) is 12.1. The Bertz CT molecular complexity index is 1570. The largest absolute Gasteiger partial charge is 0.476 e. The molecule has 2 aromatic heterocycles. The molecule has 4 heterocycles. The fourth-order valence-electron chi connectivity index (χ4n) is 5.13. The van der Waals surface area contributed by atoms with Gasteiger partial charge in [-0.25, -0.2) is 9.55 Å². The first-order valence-electron chi connectivity index (χ1n) is 13.4. The number of nitrogen functional groups attached to an aromatic ring is 1. The molecule has 3 aromatic rings. The number of rotatable bonds is 9. The van der Waals surface area contributed by atoms with Crippen molar-refractivity contribution < 1.29 is 46.7 Å². The van der Waals surface area contributed by atoms with Gasteiger partial charge in [0.05, 0.1) is 32.3 Å². The van der Waals surface area contributed by atoms with Crippen molar-refractivity contribution in [1.29, 1.82) is 0 Å². The normalized spacial score (nSPS) is 29.0. The topological polar surface area (TPSA) is 185 Å². The Morgan fingerprint density at radius 3 is 2.74 bits per heavy atom. The molecule has 2 aliphatic rings. The SMILES string of the molecule is CCOc1nc(N)nc2c1ncn2[C@@H]1O[C@H](CO[P@@]2(=O)OCC[C@@H](c3cccc(Cl)c3)O2)[C@@H](OC(C)=O)[C@@]1(C)OC(C)=O. The average Bonchev–Trinajstić information content (AvgIpc) is 3.45. The minimum absolute atomic E-state index is 0.0888. The molecule has 0 radical (unpaired) electrons. The van der Waals surface area contributed by atoms with Crippen LogP contribution in [0.4, 0.5) is 5.95 Å². The Morgan fingerprint density at radius 1 is 1.26 bits per heavy atom. The zero-order chi connectivity index (χ0) is 30.9. The zero-order valence-electron chi connectivity index (χ0n) is 23.8. The Balaban J connectivity index is 1.46. The van der Waals surface area contributed by atoms with Crippen molar-refractivity contribution in [3.05, 3.63) is 41.2 Å². The van der Waals surface area contributed by atoms with Crippen molar-refractivity contribution in [2.45, 2.75) is 64.3 Å². The molecule has 0 unspecified atom stereocenters. The second-order valence-electron chi connectivity index (χ2n) is 9.99. The van der Waals surface area contributed by atoms with Gasteiger partial charge in [-0.05, 0) is 31.5 Å². The third kappa shape index (κ3) is 6.47. The Hall–Kier alpha value is -3.33. The number of nitrogens with two attached hydrogens (primary N) is 1. The molecular formula is C26H31ClN5O10P. The predicted molar refractivity (Wildman–Crippen MR) is 150 cm³/mol. The van der Waals surface area contributed by atoms with Gasteiger partial charge in [0.25, 0.3) is 0 Å². The number of hydrogen-bond donors (Lipinski definition) is 1. The number of phosphoric acid groups is 1. The summed E-state index contributed by atoms with van der Waals surface area (Å²) in [6, 6.07) is 6.96. The molecule has 15 nitrogen and oxygen atoms in total. The van der Waals surface area contributed by atoms with Crippen LogP contribution in [0.5, 0.6) is 5.88 Å². The molecular weight excluding hydrogens is 609 g/mol. The van der Waals surface area contributed by atoms with Crippen molar-refractivity contribution in [3.8, 4) is 5.88 Å². The van der Waals surface area contributed by atoms with Crippen molar-refractivity contribution in [2.24, 2.45) is 0 Å². The van der Waals surface area contributed by atoms with E-state index >= 15 is 0 Å². The monoisotopic (exact) mass is 639 g/mol. The van der Waals surface area contributed by atoms with Crippen LogP contribution in [0.25, 0.3) is 11.2 Å². The van der Waals surface area contributed by atoms with Gasteiger partial charge in [0.2, 0.25) is 11.8 Å². The van der Waals surface area contributed by atoms with E-state index in [1.807, 2.05) is 0 Å². The number of esters is 2. The fourth-order valence-corrected chi connectivity index (χ4v) is 6.73. The summed E-state index contributed by atoms with van der Waals surface area (Å²) in [6.07, 6.45) is -2.33. The first-order chi connectivity index (χ1) is 20.4. The van der Waals surface area contributed by atoms with E-state index in [1.54, 1.807) is 31.2 Å². The minimum atomic E-state index is -4.12. The van der Waals surface area contributed by atoms with Crippen molar-refractivity contribution >= 4 is 48.5 Å². The summed E-state index contributed by atoms with van der Waals surface area (Å²) >= 11 is 6.12. The van der Waals surface area contributed by atoms with E-state index in [2.05, 4.69) is 15.0 Å². The van der Waals surface area contributed by atoms with E-state index in [-0.39, 0.29) is 29.6 Å². The maximum absolute atomic E-state index is 13.5. The van der Waals surface area contributed by atoms with Gasteiger partial charge in [-0.1, -0.05) is 23.7 Å². The number of ether oxygens (including phenoxy) is 4. The highest BCUT2D eigenvalue weighted by Crippen LogP contribution is 2.58. The number of fused-ring (bicyclic) bond motifs is 1. The number of imidazole rings is 1. The Morgan fingerprint density at radius 2 is 2.05 bits per heavy atom. The van der Waals surface area contributed by atoms with E-state index in [0.29, 0.717) is 23.6 Å². The molecule has 6 atom stereocenters. The molecule has 2 aliphatic heterocycles. The lowest BCUT2D eigenvalue weighted by molar-refractivity contribution is -0.184. The molecule has 2 N–H and O–H groups in total. The van der Waals surface area contributed by atoms with Crippen LogP contribution in [-0.2, 0) is 41.9 Å². The van der Waals surface area contributed by atoms with E-state index in [1.165, 1.54) is 31.7 Å². The van der Waals surface area contributed by atoms with Gasteiger partial charge in [-0.15, -0.1) is 0 Å². The summed E-state index contributed by atoms with van der Waals surface area (Å²) in [6.45, 7) is 5.64. The van der Waals surface area contributed by atoms with Gasteiger partial charge >= 0.3 is 19.8 Å². The smallest absolute Gasteiger partial charge is 0.475 e. The highest BCUT2D eigenvalue weighted by molar-refractivity contribution is 7.48. The van der Waals surface area contributed by atoms with Crippen LogP contribution in [0.2, 0.25) is 5.02 Å². The summed E-state index contributed by atoms with van der Waals surface area (Å²) in [4.78, 5) is 37.3. The first-order valence-corrected chi connectivity index (χ1v) is 15.2. The van der Waals surface area contributed by atoms with Gasteiger partial charge in [-0.2, -0.15) is 9.97 Å². The number of aromatic nitrogens is 4. The lowest BCUT2D eigenvalue weighted by atomic mass is 9.95. The van der Waals surface area contributed by atoms with Crippen LogP contribution in [0, 0.1) is 0 Å². The first kappa shape index (κ1) is 31.1. The molecule has 0 saturated carbocycles.